The quantitative estimate of drug-likeness (QED) is 0.826. The number of aliphatic hydroxyl groups is 1. The standard InChI is InChI=1S/C19H23NO3/c1-14-8-10-17(11-9-14)23-15(2)13-20-19(22)12-18(21)16-6-4-3-5-7-16/h3-11,15,18,21H,12-13H2,1-2H3,(H,20,22). The highest BCUT2D eigenvalue weighted by molar-refractivity contribution is 5.76. The van der Waals surface area contributed by atoms with E-state index in [0.717, 1.165) is 11.3 Å². The lowest BCUT2D eigenvalue weighted by atomic mass is 10.1. The minimum atomic E-state index is -0.787. The average Bonchev–Trinajstić information content (AvgIpc) is 2.56. The van der Waals surface area contributed by atoms with Crippen LogP contribution in [0.25, 0.3) is 0 Å². The molecule has 0 radical (unpaired) electrons. The van der Waals surface area contributed by atoms with Crippen LogP contribution in [0.3, 0.4) is 0 Å². The maximum atomic E-state index is 11.9. The third-order valence-corrected chi connectivity index (χ3v) is 3.51. The third-order valence-electron chi connectivity index (χ3n) is 3.51. The molecule has 2 rings (SSSR count). The summed E-state index contributed by atoms with van der Waals surface area (Å²) in [5, 5.41) is 12.8. The SMILES string of the molecule is Cc1ccc(OC(C)CNC(=O)CC(O)c2ccccc2)cc1. The van der Waals surface area contributed by atoms with Crippen LogP contribution in [0.4, 0.5) is 0 Å². The van der Waals surface area contributed by atoms with Gasteiger partial charge in [-0.05, 0) is 31.5 Å². The molecule has 0 bridgehead atoms. The Bertz CT molecular complexity index is 610. The predicted octanol–water partition coefficient (Wildman–Crippen LogP) is 3.00. The highest BCUT2D eigenvalue weighted by Crippen LogP contribution is 2.16. The molecule has 4 heteroatoms. The highest BCUT2D eigenvalue weighted by Gasteiger charge is 2.13. The first-order valence-corrected chi connectivity index (χ1v) is 7.77. The van der Waals surface area contributed by atoms with Gasteiger partial charge in [-0.1, -0.05) is 48.0 Å². The van der Waals surface area contributed by atoms with Gasteiger partial charge < -0.3 is 15.2 Å². The first-order chi connectivity index (χ1) is 11.0. The number of benzene rings is 2. The van der Waals surface area contributed by atoms with Crippen LogP contribution in [0, 0.1) is 6.92 Å². The summed E-state index contributed by atoms with van der Waals surface area (Å²) in [7, 11) is 0. The molecule has 0 saturated heterocycles. The third kappa shape index (κ3) is 5.75. The van der Waals surface area contributed by atoms with Gasteiger partial charge in [-0.15, -0.1) is 0 Å². The van der Waals surface area contributed by atoms with Crippen molar-refractivity contribution >= 4 is 5.91 Å². The molecule has 2 aromatic carbocycles. The minimum absolute atomic E-state index is 0.0429. The van der Waals surface area contributed by atoms with Crippen molar-refractivity contribution in [3.63, 3.8) is 0 Å². The molecule has 2 unspecified atom stereocenters. The lowest BCUT2D eigenvalue weighted by Crippen LogP contribution is -2.34. The Labute approximate surface area is 137 Å². The van der Waals surface area contributed by atoms with Crippen molar-refractivity contribution < 1.29 is 14.6 Å². The molecule has 0 heterocycles. The molecular formula is C19H23NO3. The molecule has 4 nitrogen and oxygen atoms in total. The average molecular weight is 313 g/mol. The fourth-order valence-electron chi connectivity index (χ4n) is 2.19. The van der Waals surface area contributed by atoms with Gasteiger partial charge in [0.15, 0.2) is 0 Å². The van der Waals surface area contributed by atoms with Crippen LogP contribution in [0.15, 0.2) is 54.6 Å². The van der Waals surface area contributed by atoms with Crippen molar-refractivity contribution in [3.05, 3.63) is 65.7 Å². The zero-order chi connectivity index (χ0) is 16.7. The smallest absolute Gasteiger partial charge is 0.223 e. The summed E-state index contributed by atoms with van der Waals surface area (Å²) in [4.78, 5) is 11.9. The molecule has 23 heavy (non-hydrogen) atoms. The number of hydrogen-bond donors (Lipinski definition) is 2. The van der Waals surface area contributed by atoms with E-state index in [1.54, 1.807) is 12.1 Å². The summed E-state index contributed by atoms with van der Waals surface area (Å²) in [5.74, 6) is 0.586. The number of carbonyl (C=O) groups is 1. The molecule has 2 aromatic rings. The first kappa shape index (κ1) is 17.0. The number of carbonyl (C=O) groups excluding carboxylic acids is 1. The van der Waals surface area contributed by atoms with E-state index < -0.39 is 6.10 Å². The normalized spacial score (nSPS) is 13.2. The number of ether oxygens (including phenoxy) is 1. The fraction of sp³-hybridized carbons (Fsp3) is 0.316. The van der Waals surface area contributed by atoms with Gasteiger partial charge in [0.25, 0.3) is 0 Å². The Morgan fingerprint density at radius 2 is 1.78 bits per heavy atom. The Hall–Kier alpha value is -2.33. The molecule has 0 fully saturated rings. The van der Waals surface area contributed by atoms with Gasteiger partial charge in [-0.3, -0.25) is 4.79 Å². The molecule has 0 spiro atoms. The van der Waals surface area contributed by atoms with Crippen molar-refractivity contribution in [2.24, 2.45) is 0 Å². The first-order valence-electron chi connectivity index (χ1n) is 7.77. The van der Waals surface area contributed by atoms with Crippen LogP contribution in [-0.4, -0.2) is 23.7 Å². The van der Waals surface area contributed by atoms with E-state index >= 15 is 0 Å². The van der Waals surface area contributed by atoms with Crippen molar-refractivity contribution in [1.82, 2.24) is 5.32 Å². The van der Waals surface area contributed by atoms with Gasteiger partial charge in [0, 0.05) is 0 Å². The summed E-state index contributed by atoms with van der Waals surface area (Å²) in [5.41, 5.74) is 1.92. The monoisotopic (exact) mass is 313 g/mol. The Balaban J connectivity index is 1.74. The van der Waals surface area contributed by atoms with Crippen LogP contribution < -0.4 is 10.1 Å². The second-order valence-electron chi connectivity index (χ2n) is 5.68. The molecule has 0 aliphatic carbocycles. The fourth-order valence-corrected chi connectivity index (χ4v) is 2.19. The van der Waals surface area contributed by atoms with E-state index in [-0.39, 0.29) is 18.4 Å². The number of aryl methyl sites for hydroxylation is 1. The van der Waals surface area contributed by atoms with Gasteiger partial charge >= 0.3 is 0 Å². The maximum Gasteiger partial charge on any atom is 0.223 e. The molecule has 0 saturated carbocycles. The van der Waals surface area contributed by atoms with Gasteiger partial charge in [0.2, 0.25) is 5.91 Å². The lowest BCUT2D eigenvalue weighted by molar-refractivity contribution is -0.123. The van der Waals surface area contributed by atoms with Crippen molar-refractivity contribution in [3.8, 4) is 5.75 Å². The van der Waals surface area contributed by atoms with E-state index in [1.807, 2.05) is 56.3 Å². The molecule has 122 valence electrons. The van der Waals surface area contributed by atoms with E-state index in [9.17, 15) is 9.90 Å². The van der Waals surface area contributed by atoms with Crippen LogP contribution >= 0.6 is 0 Å². The predicted molar refractivity (Wildman–Crippen MR) is 90.3 cm³/mol. The van der Waals surface area contributed by atoms with Gasteiger partial charge in [0.05, 0.1) is 19.1 Å². The zero-order valence-electron chi connectivity index (χ0n) is 13.5. The number of aliphatic hydroxyl groups excluding tert-OH is 1. The van der Waals surface area contributed by atoms with Crippen molar-refractivity contribution in [1.29, 1.82) is 0 Å². The van der Waals surface area contributed by atoms with E-state index in [0.29, 0.717) is 6.54 Å². The van der Waals surface area contributed by atoms with Crippen molar-refractivity contribution in [2.45, 2.75) is 32.5 Å². The Morgan fingerprint density at radius 1 is 1.13 bits per heavy atom. The van der Waals surface area contributed by atoms with E-state index in [2.05, 4.69) is 5.32 Å². The number of amides is 1. The summed E-state index contributed by atoms with van der Waals surface area (Å²) in [6, 6.07) is 17.0. The van der Waals surface area contributed by atoms with Crippen molar-refractivity contribution in [2.75, 3.05) is 6.54 Å². The molecule has 2 atom stereocenters. The molecule has 0 aromatic heterocycles. The van der Waals surface area contributed by atoms with Crippen LogP contribution in [0.2, 0.25) is 0 Å². The largest absolute Gasteiger partial charge is 0.489 e. The van der Waals surface area contributed by atoms with Gasteiger partial charge in [-0.25, -0.2) is 0 Å². The Kier molecular flexibility index (Phi) is 6.18. The topological polar surface area (TPSA) is 58.6 Å². The molecule has 0 aliphatic rings. The number of nitrogens with one attached hydrogen (secondary N) is 1. The molecular weight excluding hydrogens is 290 g/mol. The summed E-state index contributed by atoms with van der Waals surface area (Å²) < 4.78 is 5.73. The van der Waals surface area contributed by atoms with Crippen LogP contribution in [-0.2, 0) is 4.79 Å². The zero-order valence-corrected chi connectivity index (χ0v) is 13.5. The van der Waals surface area contributed by atoms with Crippen LogP contribution in [0.5, 0.6) is 5.75 Å². The second kappa shape index (κ2) is 8.34. The van der Waals surface area contributed by atoms with E-state index in [1.165, 1.54) is 5.56 Å². The van der Waals surface area contributed by atoms with Crippen LogP contribution in [0.1, 0.15) is 30.6 Å². The second-order valence-corrected chi connectivity index (χ2v) is 5.68. The van der Waals surface area contributed by atoms with E-state index in [4.69, 9.17) is 4.74 Å². The lowest BCUT2D eigenvalue weighted by Gasteiger charge is -2.16. The molecule has 2 N–H and O–H groups in total. The maximum absolute atomic E-state index is 11.9. The number of rotatable bonds is 7. The highest BCUT2D eigenvalue weighted by atomic mass is 16.5. The molecule has 0 aliphatic heterocycles. The summed E-state index contributed by atoms with van der Waals surface area (Å²) in [6.45, 7) is 4.31. The summed E-state index contributed by atoms with van der Waals surface area (Å²) >= 11 is 0. The van der Waals surface area contributed by atoms with Gasteiger partial charge in [0.1, 0.15) is 11.9 Å². The summed E-state index contributed by atoms with van der Waals surface area (Å²) in [6.07, 6.45) is -0.888. The number of hydrogen-bond acceptors (Lipinski definition) is 3. The van der Waals surface area contributed by atoms with Gasteiger partial charge in [-0.2, -0.15) is 0 Å². The Morgan fingerprint density at radius 3 is 2.43 bits per heavy atom. The minimum Gasteiger partial charge on any atom is -0.489 e. The molecule has 1 amide bonds.